The van der Waals surface area contributed by atoms with Crippen LogP contribution in [0.15, 0.2) is 53.9 Å². The maximum atomic E-state index is 12.0. The minimum absolute atomic E-state index is 0.278. The molecule has 7 nitrogen and oxygen atoms in total. The van der Waals surface area contributed by atoms with E-state index in [1.807, 2.05) is 6.20 Å². The Morgan fingerprint density at radius 3 is 2.77 bits per heavy atom. The Morgan fingerprint density at radius 1 is 1.14 bits per heavy atom. The lowest BCUT2D eigenvalue weighted by Crippen LogP contribution is -2.25. The normalized spacial score (nSPS) is 11.8. The van der Waals surface area contributed by atoms with E-state index in [-0.39, 0.29) is 4.90 Å². The number of fused-ring (bicyclic) bond motifs is 1. The zero-order valence-corrected chi connectivity index (χ0v) is 12.6. The fourth-order valence-corrected chi connectivity index (χ4v) is 3.16. The minimum Gasteiger partial charge on any atom is -0.219 e. The highest BCUT2D eigenvalue weighted by atomic mass is 32.2. The summed E-state index contributed by atoms with van der Waals surface area (Å²) in [6, 6.07) is 8.34. The van der Waals surface area contributed by atoms with Crippen molar-refractivity contribution in [3.05, 3.63) is 54.6 Å². The standard InChI is InChI=1S/C14H15N5O2S/c20-22(21,13-6-2-1-3-7-13)18-8-4-5-12-9-15-14-16-11-17-19(14)10-12/h1-3,6-7,9-11,18H,4-5,8H2. The average Bonchev–Trinajstić information content (AvgIpc) is 3.00. The molecule has 1 aromatic carbocycles. The predicted molar refractivity (Wildman–Crippen MR) is 80.7 cm³/mol. The fourth-order valence-electron chi connectivity index (χ4n) is 2.07. The van der Waals surface area contributed by atoms with Crippen LogP contribution in [0.5, 0.6) is 0 Å². The first-order chi connectivity index (χ1) is 10.6. The molecule has 0 saturated carbocycles. The van der Waals surface area contributed by atoms with Gasteiger partial charge in [0.15, 0.2) is 0 Å². The molecule has 1 N–H and O–H groups in total. The molecule has 114 valence electrons. The second-order valence-electron chi connectivity index (χ2n) is 4.78. The number of aryl methyl sites for hydroxylation is 1. The molecule has 0 atom stereocenters. The van der Waals surface area contributed by atoms with Crippen LogP contribution in [0.25, 0.3) is 5.78 Å². The molecule has 0 aliphatic heterocycles. The van der Waals surface area contributed by atoms with Gasteiger partial charge >= 0.3 is 0 Å². The maximum absolute atomic E-state index is 12.0. The number of benzene rings is 1. The van der Waals surface area contributed by atoms with Crippen molar-refractivity contribution in [2.24, 2.45) is 0 Å². The van der Waals surface area contributed by atoms with Gasteiger partial charge in [0.2, 0.25) is 10.0 Å². The molecular formula is C14H15N5O2S. The van der Waals surface area contributed by atoms with Gasteiger partial charge in [-0.3, -0.25) is 0 Å². The van der Waals surface area contributed by atoms with Gasteiger partial charge in [0.05, 0.1) is 4.90 Å². The second-order valence-corrected chi connectivity index (χ2v) is 6.55. The van der Waals surface area contributed by atoms with Crippen molar-refractivity contribution >= 4 is 15.8 Å². The highest BCUT2D eigenvalue weighted by Crippen LogP contribution is 2.07. The number of sulfonamides is 1. The highest BCUT2D eigenvalue weighted by Gasteiger charge is 2.11. The van der Waals surface area contributed by atoms with Crippen molar-refractivity contribution in [2.75, 3.05) is 6.54 Å². The van der Waals surface area contributed by atoms with Gasteiger partial charge in [-0.15, -0.1) is 0 Å². The first-order valence-corrected chi connectivity index (χ1v) is 8.32. The first kappa shape index (κ1) is 14.6. The topological polar surface area (TPSA) is 89.2 Å². The van der Waals surface area contributed by atoms with E-state index < -0.39 is 10.0 Å². The van der Waals surface area contributed by atoms with Crippen molar-refractivity contribution in [2.45, 2.75) is 17.7 Å². The predicted octanol–water partition coefficient (Wildman–Crippen LogP) is 1.04. The molecular weight excluding hydrogens is 302 g/mol. The highest BCUT2D eigenvalue weighted by molar-refractivity contribution is 7.89. The van der Waals surface area contributed by atoms with Gasteiger partial charge in [0.25, 0.3) is 5.78 Å². The van der Waals surface area contributed by atoms with Crippen LogP contribution in [0, 0.1) is 0 Å². The van der Waals surface area contributed by atoms with E-state index in [9.17, 15) is 8.42 Å². The van der Waals surface area contributed by atoms with Gasteiger partial charge < -0.3 is 0 Å². The Balaban J connectivity index is 1.55. The minimum atomic E-state index is -3.43. The van der Waals surface area contributed by atoms with Crippen LogP contribution < -0.4 is 4.72 Å². The number of aromatic nitrogens is 4. The van der Waals surface area contributed by atoms with E-state index in [0.29, 0.717) is 25.2 Å². The van der Waals surface area contributed by atoms with Gasteiger partial charge in [0.1, 0.15) is 6.33 Å². The molecule has 0 bridgehead atoms. The Labute approximate surface area is 128 Å². The Kier molecular flexibility index (Phi) is 4.12. The van der Waals surface area contributed by atoms with E-state index in [0.717, 1.165) is 5.56 Å². The van der Waals surface area contributed by atoms with Crippen LogP contribution in [0.3, 0.4) is 0 Å². The summed E-state index contributed by atoms with van der Waals surface area (Å²) in [5, 5.41) is 4.02. The van der Waals surface area contributed by atoms with Crippen LogP contribution >= 0.6 is 0 Å². The molecule has 0 aliphatic rings. The molecule has 3 rings (SSSR count). The van der Waals surface area contributed by atoms with E-state index in [1.165, 1.54) is 6.33 Å². The SMILES string of the molecule is O=S(=O)(NCCCc1cnc2ncnn2c1)c1ccccc1. The molecule has 2 aromatic heterocycles. The average molecular weight is 317 g/mol. The van der Waals surface area contributed by atoms with Gasteiger partial charge in [-0.1, -0.05) is 18.2 Å². The third kappa shape index (κ3) is 3.29. The molecule has 0 radical (unpaired) electrons. The summed E-state index contributed by atoms with van der Waals surface area (Å²) in [6.07, 6.45) is 6.41. The van der Waals surface area contributed by atoms with Crippen molar-refractivity contribution < 1.29 is 8.42 Å². The maximum Gasteiger partial charge on any atom is 0.252 e. The number of hydrogen-bond donors (Lipinski definition) is 1. The molecule has 2 heterocycles. The summed E-state index contributed by atoms with van der Waals surface area (Å²) in [5.41, 5.74) is 0.983. The Morgan fingerprint density at radius 2 is 1.95 bits per heavy atom. The van der Waals surface area contributed by atoms with Crippen LogP contribution in [-0.2, 0) is 16.4 Å². The molecule has 0 saturated heterocycles. The van der Waals surface area contributed by atoms with E-state index in [1.54, 1.807) is 41.0 Å². The lowest BCUT2D eigenvalue weighted by Gasteiger charge is -2.06. The molecule has 0 unspecified atom stereocenters. The van der Waals surface area contributed by atoms with Crippen molar-refractivity contribution in [3.8, 4) is 0 Å². The number of nitrogens with zero attached hydrogens (tertiary/aromatic N) is 4. The molecule has 0 amide bonds. The van der Waals surface area contributed by atoms with Gasteiger partial charge in [-0.05, 0) is 30.5 Å². The van der Waals surface area contributed by atoms with Crippen LogP contribution in [-0.4, -0.2) is 34.5 Å². The lowest BCUT2D eigenvalue weighted by molar-refractivity contribution is 0.579. The van der Waals surface area contributed by atoms with Crippen molar-refractivity contribution in [1.29, 1.82) is 0 Å². The summed E-state index contributed by atoms with van der Waals surface area (Å²) >= 11 is 0. The third-order valence-electron chi connectivity index (χ3n) is 3.18. The summed E-state index contributed by atoms with van der Waals surface area (Å²) < 4.78 is 28.3. The van der Waals surface area contributed by atoms with Gasteiger partial charge in [-0.2, -0.15) is 10.1 Å². The second kappa shape index (κ2) is 6.20. The first-order valence-electron chi connectivity index (χ1n) is 6.84. The molecule has 22 heavy (non-hydrogen) atoms. The monoisotopic (exact) mass is 317 g/mol. The van der Waals surface area contributed by atoms with Crippen LogP contribution in [0.4, 0.5) is 0 Å². The number of hydrogen-bond acceptors (Lipinski definition) is 5. The lowest BCUT2D eigenvalue weighted by atomic mass is 10.2. The molecule has 3 aromatic rings. The number of rotatable bonds is 6. The van der Waals surface area contributed by atoms with Gasteiger partial charge in [0, 0.05) is 18.9 Å². The molecule has 0 spiro atoms. The van der Waals surface area contributed by atoms with E-state index >= 15 is 0 Å². The van der Waals surface area contributed by atoms with E-state index in [4.69, 9.17) is 0 Å². The molecule has 0 aliphatic carbocycles. The van der Waals surface area contributed by atoms with Crippen LogP contribution in [0.2, 0.25) is 0 Å². The quantitative estimate of drug-likeness (QED) is 0.686. The largest absolute Gasteiger partial charge is 0.252 e. The summed E-state index contributed by atoms with van der Waals surface area (Å²) in [7, 11) is -3.43. The van der Waals surface area contributed by atoms with Crippen LogP contribution in [0.1, 0.15) is 12.0 Å². The van der Waals surface area contributed by atoms with Gasteiger partial charge in [-0.25, -0.2) is 22.6 Å². The van der Waals surface area contributed by atoms with Crippen molar-refractivity contribution in [3.63, 3.8) is 0 Å². The zero-order valence-electron chi connectivity index (χ0n) is 11.8. The number of nitrogens with one attached hydrogen (secondary N) is 1. The zero-order chi connectivity index (χ0) is 15.4. The molecule has 8 heteroatoms. The van der Waals surface area contributed by atoms with Crippen molar-refractivity contribution in [1.82, 2.24) is 24.3 Å². The smallest absolute Gasteiger partial charge is 0.219 e. The summed E-state index contributed by atoms with van der Waals surface area (Å²) in [5.74, 6) is 0.550. The van der Waals surface area contributed by atoms with E-state index in [2.05, 4.69) is 19.8 Å². The Hall–Kier alpha value is -2.32. The molecule has 0 fully saturated rings. The summed E-state index contributed by atoms with van der Waals surface area (Å²) in [6.45, 7) is 0.368. The summed E-state index contributed by atoms with van der Waals surface area (Å²) in [4.78, 5) is 8.42. The Bertz CT molecular complexity index is 861. The fraction of sp³-hybridized carbons (Fsp3) is 0.214. The third-order valence-corrected chi connectivity index (χ3v) is 4.65.